The highest BCUT2D eigenvalue weighted by molar-refractivity contribution is 5.67. The van der Waals surface area contributed by atoms with Gasteiger partial charge in [-0.25, -0.2) is 4.79 Å². The van der Waals surface area contributed by atoms with E-state index in [1.807, 2.05) is 13.0 Å². The van der Waals surface area contributed by atoms with Gasteiger partial charge >= 0.3 is 6.09 Å². The van der Waals surface area contributed by atoms with E-state index in [1.165, 1.54) is 7.11 Å². The molecule has 0 aliphatic rings. The van der Waals surface area contributed by atoms with Crippen LogP contribution in [0.25, 0.3) is 0 Å². The van der Waals surface area contributed by atoms with E-state index in [-0.39, 0.29) is 6.09 Å². The topological polar surface area (TPSA) is 38.8 Å². The van der Waals surface area contributed by atoms with Gasteiger partial charge in [-0.05, 0) is 41.7 Å². The third-order valence-corrected chi connectivity index (χ3v) is 3.20. The van der Waals surface area contributed by atoms with Crippen LogP contribution in [0.3, 0.4) is 0 Å². The zero-order chi connectivity index (χ0) is 14.6. The van der Waals surface area contributed by atoms with E-state index in [2.05, 4.69) is 19.9 Å². The van der Waals surface area contributed by atoms with Crippen molar-refractivity contribution < 1.29 is 14.3 Å². The lowest BCUT2D eigenvalue weighted by Crippen LogP contribution is -2.26. The molecule has 0 radical (unpaired) electrons. The van der Waals surface area contributed by atoms with Crippen molar-refractivity contribution >= 4 is 6.09 Å². The zero-order valence-corrected chi connectivity index (χ0v) is 12.6. The fourth-order valence-electron chi connectivity index (χ4n) is 2.02. The van der Waals surface area contributed by atoms with Crippen molar-refractivity contribution in [1.29, 1.82) is 0 Å². The lowest BCUT2D eigenvalue weighted by atomic mass is 9.96. The van der Waals surface area contributed by atoms with E-state index < -0.39 is 0 Å². The molecule has 0 heterocycles. The summed E-state index contributed by atoms with van der Waals surface area (Å²) in [5.74, 6) is 1.27. The highest BCUT2D eigenvalue weighted by Gasteiger charge is 2.14. The number of aryl methyl sites for hydroxylation is 1. The molecular formula is C15H23NO3. The van der Waals surface area contributed by atoms with Gasteiger partial charge in [0.25, 0.3) is 0 Å². The molecule has 0 fully saturated rings. The monoisotopic (exact) mass is 265 g/mol. The van der Waals surface area contributed by atoms with E-state index >= 15 is 0 Å². The first-order valence-electron chi connectivity index (χ1n) is 6.37. The molecule has 0 saturated carbocycles. The second-order valence-electron chi connectivity index (χ2n) is 5.00. The molecule has 4 nitrogen and oxygen atoms in total. The molecule has 0 saturated heterocycles. The molecule has 0 aliphatic carbocycles. The van der Waals surface area contributed by atoms with Crippen molar-refractivity contribution in [3.8, 4) is 5.75 Å². The molecule has 106 valence electrons. The lowest BCUT2D eigenvalue weighted by Gasteiger charge is -2.20. The van der Waals surface area contributed by atoms with Crippen LogP contribution in [0.4, 0.5) is 4.79 Å². The zero-order valence-electron chi connectivity index (χ0n) is 12.6. The van der Waals surface area contributed by atoms with Crippen LogP contribution >= 0.6 is 0 Å². The summed E-state index contributed by atoms with van der Waals surface area (Å²) in [6, 6.07) is 4.13. The quantitative estimate of drug-likeness (QED) is 0.838. The Labute approximate surface area is 115 Å². The van der Waals surface area contributed by atoms with Crippen molar-refractivity contribution in [2.45, 2.75) is 33.2 Å². The summed E-state index contributed by atoms with van der Waals surface area (Å²) in [5, 5.41) is 0. The van der Waals surface area contributed by atoms with Crippen LogP contribution in [0.5, 0.6) is 5.75 Å². The van der Waals surface area contributed by atoms with Gasteiger partial charge in [-0.1, -0.05) is 13.8 Å². The summed E-state index contributed by atoms with van der Waals surface area (Å²) in [6.45, 7) is 6.80. The molecular weight excluding hydrogens is 242 g/mol. The lowest BCUT2D eigenvalue weighted by molar-refractivity contribution is 0.131. The van der Waals surface area contributed by atoms with Crippen molar-refractivity contribution in [2.75, 3.05) is 21.3 Å². The number of ether oxygens (including phenoxy) is 2. The molecule has 1 amide bonds. The highest BCUT2D eigenvalue weighted by atomic mass is 16.5. The summed E-state index contributed by atoms with van der Waals surface area (Å²) in [7, 11) is 4.80. The van der Waals surface area contributed by atoms with E-state index in [9.17, 15) is 4.79 Å². The van der Waals surface area contributed by atoms with Crippen LogP contribution in [0.2, 0.25) is 0 Å². The summed E-state index contributed by atoms with van der Waals surface area (Å²) >= 11 is 0. The standard InChI is InChI=1S/C15H23NO3/c1-10(2)13-8-12(9-16(4)15(17)19-6)11(3)7-14(13)18-5/h7-8,10H,9H2,1-6H3. The molecule has 1 aromatic carbocycles. The molecule has 0 spiro atoms. The Bertz CT molecular complexity index is 455. The Morgan fingerprint density at radius 1 is 1.32 bits per heavy atom. The Morgan fingerprint density at radius 2 is 1.95 bits per heavy atom. The maximum Gasteiger partial charge on any atom is 0.409 e. The predicted octanol–water partition coefficient (Wildman–Crippen LogP) is 3.33. The first-order chi connectivity index (χ1) is 8.90. The molecule has 19 heavy (non-hydrogen) atoms. The number of carbonyl (C=O) groups is 1. The van der Waals surface area contributed by atoms with Crippen LogP contribution in [-0.2, 0) is 11.3 Å². The van der Waals surface area contributed by atoms with E-state index in [1.54, 1.807) is 19.1 Å². The normalized spacial score (nSPS) is 10.5. The van der Waals surface area contributed by atoms with E-state index in [0.717, 1.165) is 22.4 Å². The molecule has 0 bridgehead atoms. The molecule has 4 heteroatoms. The average molecular weight is 265 g/mol. The Morgan fingerprint density at radius 3 is 2.42 bits per heavy atom. The maximum absolute atomic E-state index is 11.4. The van der Waals surface area contributed by atoms with Gasteiger partial charge in [-0.15, -0.1) is 0 Å². The molecule has 1 aromatic rings. The third-order valence-electron chi connectivity index (χ3n) is 3.20. The summed E-state index contributed by atoms with van der Waals surface area (Å²) in [5.41, 5.74) is 3.37. The van der Waals surface area contributed by atoms with Gasteiger partial charge in [0, 0.05) is 13.6 Å². The number of benzene rings is 1. The maximum atomic E-state index is 11.4. The van der Waals surface area contributed by atoms with E-state index in [0.29, 0.717) is 12.5 Å². The first kappa shape index (κ1) is 15.3. The fraction of sp³-hybridized carbons (Fsp3) is 0.533. The van der Waals surface area contributed by atoms with Crippen molar-refractivity contribution in [3.63, 3.8) is 0 Å². The van der Waals surface area contributed by atoms with Crippen LogP contribution in [0, 0.1) is 6.92 Å². The molecule has 1 rings (SSSR count). The Balaban J connectivity index is 3.08. The number of hydrogen-bond acceptors (Lipinski definition) is 3. The Kier molecular flexibility index (Phi) is 5.21. The Hall–Kier alpha value is -1.71. The number of rotatable bonds is 4. The third kappa shape index (κ3) is 3.63. The van der Waals surface area contributed by atoms with Gasteiger partial charge in [-0.2, -0.15) is 0 Å². The summed E-state index contributed by atoms with van der Waals surface area (Å²) in [6.07, 6.45) is -0.332. The number of methoxy groups -OCH3 is 2. The molecule has 0 atom stereocenters. The fourth-order valence-corrected chi connectivity index (χ4v) is 2.02. The van der Waals surface area contributed by atoms with Crippen LogP contribution in [-0.4, -0.2) is 32.3 Å². The smallest absolute Gasteiger partial charge is 0.409 e. The minimum Gasteiger partial charge on any atom is -0.496 e. The van der Waals surface area contributed by atoms with Gasteiger partial charge in [0.2, 0.25) is 0 Å². The summed E-state index contributed by atoms with van der Waals surface area (Å²) < 4.78 is 10.1. The van der Waals surface area contributed by atoms with Gasteiger partial charge in [0.05, 0.1) is 14.2 Å². The van der Waals surface area contributed by atoms with Crippen molar-refractivity contribution in [1.82, 2.24) is 4.90 Å². The van der Waals surface area contributed by atoms with Crippen LogP contribution in [0.15, 0.2) is 12.1 Å². The van der Waals surface area contributed by atoms with Crippen molar-refractivity contribution in [2.24, 2.45) is 0 Å². The minimum absolute atomic E-state index is 0.332. The first-order valence-corrected chi connectivity index (χ1v) is 6.37. The second kappa shape index (κ2) is 6.45. The highest BCUT2D eigenvalue weighted by Crippen LogP contribution is 2.30. The van der Waals surface area contributed by atoms with Gasteiger partial charge in [0.1, 0.15) is 5.75 Å². The molecule has 0 unspecified atom stereocenters. The van der Waals surface area contributed by atoms with E-state index in [4.69, 9.17) is 9.47 Å². The largest absolute Gasteiger partial charge is 0.496 e. The van der Waals surface area contributed by atoms with Gasteiger partial charge < -0.3 is 14.4 Å². The number of hydrogen-bond donors (Lipinski definition) is 0. The second-order valence-corrected chi connectivity index (χ2v) is 5.00. The average Bonchev–Trinajstić information content (AvgIpc) is 2.38. The van der Waals surface area contributed by atoms with Gasteiger partial charge in [0.15, 0.2) is 0 Å². The van der Waals surface area contributed by atoms with Crippen LogP contribution in [0.1, 0.15) is 36.5 Å². The number of carbonyl (C=O) groups excluding carboxylic acids is 1. The van der Waals surface area contributed by atoms with Gasteiger partial charge in [-0.3, -0.25) is 0 Å². The van der Waals surface area contributed by atoms with Crippen molar-refractivity contribution in [3.05, 3.63) is 28.8 Å². The SMILES string of the molecule is COC(=O)N(C)Cc1cc(C(C)C)c(OC)cc1C. The minimum atomic E-state index is -0.332. The molecule has 0 aromatic heterocycles. The van der Waals surface area contributed by atoms with Crippen LogP contribution < -0.4 is 4.74 Å². The predicted molar refractivity (Wildman–Crippen MR) is 75.7 cm³/mol. The molecule has 0 N–H and O–H groups in total. The number of amides is 1. The molecule has 0 aliphatic heterocycles. The summed E-state index contributed by atoms with van der Waals surface area (Å²) in [4.78, 5) is 13.0. The number of nitrogens with zero attached hydrogens (tertiary/aromatic N) is 1.